The van der Waals surface area contributed by atoms with Crippen LogP contribution in [-0.4, -0.2) is 103 Å². The average Bonchev–Trinajstić information content (AvgIpc) is 2.91. The van der Waals surface area contributed by atoms with Gasteiger partial charge in [0.15, 0.2) is 6.29 Å². The smallest absolute Gasteiger partial charge is 0.338 e. The van der Waals surface area contributed by atoms with E-state index in [1.165, 1.54) is 38.1 Å². The van der Waals surface area contributed by atoms with E-state index in [4.69, 9.17) is 28.4 Å². The van der Waals surface area contributed by atoms with Gasteiger partial charge in [0.2, 0.25) is 0 Å². The molecule has 1 aliphatic heterocycles. The molecule has 1 saturated heterocycles. The number of esters is 4. The maximum atomic E-state index is 12.3. The largest absolute Gasteiger partial charge is 0.460 e. The Morgan fingerprint density at radius 1 is 0.718 bits per heavy atom. The highest BCUT2D eigenvalue weighted by molar-refractivity contribution is 5.93. The first kappa shape index (κ1) is 31.6. The summed E-state index contributed by atoms with van der Waals surface area (Å²) in [5.74, 6) is -2.72. The average molecular weight is 553 g/mol. The van der Waals surface area contributed by atoms with Crippen molar-refractivity contribution in [2.24, 2.45) is 0 Å². The summed E-state index contributed by atoms with van der Waals surface area (Å²) in [6, 6.07) is 5.41. The second kappa shape index (κ2) is 15.1. The third-order valence-corrected chi connectivity index (χ3v) is 5.25. The molecule has 1 aromatic rings. The van der Waals surface area contributed by atoms with Crippen molar-refractivity contribution < 1.29 is 62.9 Å². The Bertz CT molecular complexity index is 1050. The summed E-state index contributed by atoms with van der Waals surface area (Å²) >= 11 is 0. The molecule has 13 nitrogen and oxygen atoms in total. The molecule has 1 heterocycles. The van der Waals surface area contributed by atoms with Crippen molar-refractivity contribution in [1.82, 2.24) is 0 Å². The molecule has 0 aromatic heterocycles. The van der Waals surface area contributed by atoms with Gasteiger partial charge in [-0.05, 0) is 38.1 Å². The van der Waals surface area contributed by atoms with E-state index in [0.29, 0.717) is 0 Å². The highest BCUT2D eigenvalue weighted by Gasteiger charge is 2.44. The zero-order valence-corrected chi connectivity index (χ0v) is 21.6. The SMILES string of the molecule is C=C(C)C(=O)OCCOC(=O)c1ccc(C(=O)OCCO[C@H]2OC(COC(=O)C(=C)C)[C@@H](O)C(O)C2O)cc1. The minimum atomic E-state index is -1.64. The lowest BCUT2D eigenvalue weighted by molar-refractivity contribution is -0.302. The lowest BCUT2D eigenvalue weighted by Crippen LogP contribution is -2.59. The maximum absolute atomic E-state index is 12.3. The number of hydrogen-bond acceptors (Lipinski definition) is 13. The monoisotopic (exact) mass is 552 g/mol. The predicted octanol–water partition coefficient (Wildman–Crippen LogP) is 0.0630. The summed E-state index contributed by atoms with van der Waals surface area (Å²) in [7, 11) is 0. The molecule has 5 atom stereocenters. The number of hydrogen-bond donors (Lipinski definition) is 3. The minimum Gasteiger partial charge on any atom is -0.460 e. The first-order valence-electron chi connectivity index (χ1n) is 11.8. The van der Waals surface area contributed by atoms with Gasteiger partial charge in [-0.3, -0.25) is 0 Å². The van der Waals surface area contributed by atoms with Crippen molar-refractivity contribution in [2.75, 3.05) is 33.0 Å². The van der Waals surface area contributed by atoms with E-state index >= 15 is 0 Å². The predicted molar refractivity (Wildman–Crippen MR) is 131 cm³/mol. The van der Waals surface area contributed by atoms with Crippen molar-refractivity contribution in [3.8, 4) is 0 Å². The second-order valence-corrected chi connectivity index (χ2v) is 8.53. The van der Waals surface area contributed by atoms with Gasteiger partial charge in [0, 0.05) is 11.1 Å². The van der Waals surface area contributed by atoms with E-state index in [0.717, 1.165) is 0 Å². The Labute approximate surface area is 224 Å². The lowest BCUT2D eigenvalue weighted by atomic mass is 9.99. The van der Waals surface area contributed by atoms with E-state index in [1.54, 1.807) is 0 Å². The molecular formula is C26H32O13. The molecule has 0 aliphatic carbocycles. The third kappa shape index (κ3) is 9.57. The highest BCUT2D eigenvalue weighted by atomic mass is 16.7. The number of ether oxygens (including phenoxy) is 6. The normalized spacial score (nSPS) is 22.3. The summed E-state index contributed by atoms with van der Waals surface area (Å²) in [6.45, 7) is 8.59. The molecule has 0 spiro atoms. The number of aliphatic hydroxyl groups is 3. The van der Waals surface area contributed by atoms with Crippen molar-refractivity contribution in [2.45, 2.75) is 44.6 Å². The van der Waals surface area contributed by atoms with Crippen LogP contribution in [-0.2, 0) is 38.0 Å². The standard InChI is InChI=1S/C26H32O13/c1-14(2)22(30)34-9-10-35-24(32)16-5-7-17(8-6-16)25(33)36-11-12-37-26-21(29)20(28)19(27)18(39-26)13-38-23(31)15(3)4/h5-8,18-21,26-29H,1,3,9-13H2,2,4H3/t18?,19-,20?,21?,26+/m1/s1. The Morgan fingerprint density at radius 2 is 1.18 bits per heavy atom. The molecule has 13 heteroatoms. The van der Waals surface area contributed by atoms with Crippen LogP contribution < -0.4 is 0 Å². The van der Waals surface area contributed by atoms with E-state index in [-0.39, 0.29) is 48.7 Å². The fourth-order valence-electron chi connectivity index (χ4n) is 3.07. The molecule has 214 valence electrons. The van der Waals surface area contributed by atoms with Crippen LogP contribution in [0.4, 0.5) is 0 Å². The van der Waals surface area contributed by atoms with E-state index in [1.807, 2.05) is 0 Å². The molecule has 1 aromatic carbocycles. The van der Waals surface area contributed by atoms with Crippen molar-refractivity contribution >= 4 is 23.9 Å². The Hall–Kier alpha value is -3.62. The van der Waals surface area contributed by atoms with Crippen molar-refractivity contribution in [1.29, 1.82) is 0 Å². The summed E-state index contributed by atoms with van der Waals surface area (Å²) in [5.41, 5.74) is 0.646. The molecule has 1 aliphatic rings. The van der Waals surface area contributed by atoms with Gasteiger partial charge in [-0.25, -0.2) is 19.2 Å². The molecule has 0 bridgehead atoms. The number of benzene rings is 1. The van der Waals surface area contributed by atoms with Gasteiger partial charge < -0.3 is 43.7 Å². The van der Waals surface area contributed by atoms with Crippen LogP contribution >= 0.6 is 0 Å². The fraction of sp³-hybridized carbons (Fsp3) is 0.462. The van der Waals surface area contributed by atoms with Gasteiger partial charge in [0.1, 0.15) is 50.8 Å². The van der Waals surface area contributed by atoms with E-state index in [9.17, 15) is 34.5 Å². The molecule has 1 fully saturated rings. The fourth-order valence-corrected chi connectivity index (χ4v) is 3.07. The van der Waals surface area contributed by atoms with Gasteiger partial charge in [-0.15, -0.1) is 0 Å². The molecule has 0 saturated carbocycles. The molecule has 0 amide bonds. The quantitative estimate of drug-likeness (QED) is 0.129. The van der Waals surface area contributed by atoms with E-state index in [2.05, 4.69) is 13.2 Å². The number of aliphatic hydroxyl groups excluding tert-OH is 3. The summed E-state index contributed by atoms with van der Waals surface area (Å²) in [4.78, 5) is 47.2. The number of rotatable bonds is 13. The Balaban J connectivity index is 1.76. The number of carbonyl (C=O) groups is 4. The maximum Gasteiger partial charge on any atom is 0.338 e. The molecule has 3 unspecified atom stereocenters. The van der Waals surface area contributed by atoms with Gasteiger partial charge in [-0.2, -0.15) is 0 Å². The van der Waals surface area contributed by atoms with E-state index < -0.39 is 61.2 Å². The molecule has 2 rings (SSSR count). The van der Waals surface area contributed by atoms with Crippen LogP contribution in [0.1, 0.15) is 34.6 Å². The van der Waals surface area contributed by atoms with Gasteiger partial charge >= 0.3 is 23.9 Å². The number of carbonyl (C=O) groups excluding carboxylic acids is 4. The lowest BCUT2D eigenvalue weighted by Gasteiger charge is -2.39. The molecule has 0 radical (unpaired) electrons. The summed E-state index contributed by atoms with van der Waals surface area (Å²) in [6.07, 6.45) is -7.39. The first-order chi connectivity index (χ1) is 18.4. The van der Waals surface area contributed by atoms with Gasteiger partial charge in [0.05, 0.1) is 17.7 Å². The van der Waals surface area contributed by atoms with Gasteiger partial charge in [0.25, 0.3) is 0 Å². The molecule has 3 N–H and O–H groups in total. The first-order valence-corrected chi connectivity index (χ1v) is 11.8. The molecular weight excluding hydrogens is 520 g/mol. The minimum absolute atomic E-state index is 0.129. The topological polar surface area (TPSA) is 184 Å². The van der Waals surface area contributed by atoms with Crippen LogP contribution in [0.5, 0.6) is 0 Å². The zero-order chi connectivity index (χ0) is 29.1. The summed E-state index contributed by atoms with van der Waals surface area (Å²) < 4.78 is 30.6. The highest BCUT2D eigenvalue weighted by Crippen LogP contribution is 2.22. The van der Waals surface area contributed by atoms with Crippen LogP contribution in [0.15, 0.2) is 48.6 Å². The Kier molecular flexibility index (Phi) is 12.2. The summed E-state index contributed by atoms with van der Waals surface area (Å²) in [5, 5.41) is 30.2. The zero-order valence-electron chi connectivity index (χ0n) is 21.6. The van der Waals surface area contributed by atoms with Crippen LogP contribution in [0.3, 0.4) is 0 Å². The van der Waals surface area contributed by atoms with Gasteiger partial charge in [-0.1, -0.05) is 13.2 Å². The second-order valence-electron chi connectivity index (χ2n) is 8.53. The van der Waals surface area contributed by atoms with Crippen molar-refractivity contribution in [3.05, 3.63) is 59.7 Å². The third-order valence-electron chi connectivity index (χ3n) is 5.25. The van der Waals surface area contributed by atoms with Crippen molar-refractivity contribution in [3.63, 3.8) is 0 Å². The van der Waals surface area contributed by atoms with Crippen LogP contribution in [0.25, 0.3) is 0 Å². The Morgan fingerprint density at radius 3 is 1.69 bits per heavy atom. The van der Waals surface area contributed by atoms with Crippen LogP contribution in [0, 0.1) is 0 Å². The molecule has 39 heavy (non-hydrogen) atoms. The van der Waals surface area contributed by atoms with Crippen LogP contribution in [0.2, 0.25) is 0 Å².